The fraction of sp³-hybridized carbons (Fsp3) is 0.588. The zero-order valence-corrected chi connectivity index (χ0v) is 14.5. The van der Waals surface area contributed by atoms with Gasteiger partial charge in [0.25, 0.3) is 0 Å². The lowest BCUT2D eigenvalue weighted by atomic mass is 9.91. The second-order valence-corrected chi connectivity index (χ2v) is 7.45. The molecule has 2 N–H and O–H groups in total. The van der Waals surface area contributed by atoms with Crippen molar-refractivity contribution in [3.8, 4) is 0 Å². The number of rotatable bonds is 3. The molecule has 1 aromatic rings. The number of carbonyl (C=O) groups is 1. The first kappa shape index (κ1) is 17.9. The summed E-state index contributed by atoms with van der Waals surface area (Å²) in [5.41, 5.74) is 0.159. The van der Waals surface area contributed by atoms with Gasteiger partial charge in [-0.1, -0.05) is 11.6 Å². The highest BCUT2D eigenvalue weighted by molar-refractivity contribution is 6.30. The number of hydrogen-bond donors (Lipinski definition) is 2. The fourth-order valence-electron chi connectivity index (χ4n) is 2.80. The van der Waals surface area contributed by atoms with Gasteiger partial charge in [-0.15, -0.1) is 0 Å². The normalized spacial score (nSPS) is 21.6. The molecule has 128 valence electrons. The van der Waals surface area contributed by atoms with Crippen molar-refractivity contribution in [2.24, 2.45) is 0 Å². The quantitative estimate of drug-likeness (QED) is 0.835. The minimum atomic E-state index is -0.505. The number of halogens is 2. The third kappa shape index (κ3) is 6.26. The van der Waals surface area contributed by atoms with Gasteiger partial charge < -0.3 is 15.4 Å². The third-order valence-electron chi connectivity index (χ3n) is 3.63. The summed E-state index contributed by atoms with van der Waals surface area (Å²) in [6.07, 6.45) is 3.26. The molecule has 1 aliphatic rings. The average Bonchev–Trinajstić information content (AvgIpc) is 2.35. The van der Waals surface area contributed by atoms with Crippen LogP contribution in [0.1, 0.15) is 46.5 Å². The topological polar surface area (TPSA) is 50.4 Å². The Hall–Kier alpha value is -1.49. The first-order chi connectivity index (χ1) is 10.7. The van der Waals surface area contributed by atoms with Crippen molar-refractivity contribution in [1.29, 1.82) is 0 Å². The minimum Gasteiger partial charge on any atom is -0.444 e. The molecule has 6 heteroatoms. The van der Waals surface area contributed by atoms with E-state index >= 15 is 0 Å². The molecule has 0 aromatic heterocycles. The van der Waals surface area contributed by atoms with Crippen LogP contribution in [0.4, 0.5) is 14.9 Å². The van der Waals surface area contributed by atoms with Crippen molar-refractivity contribution in [3.05, 3.63) is 29.0 Å². The van der Waals surface area contributed by atoms with Crippen LogP contribution >= 0.6 is 11.6 Å². The van der Waals surface area contributed by atoms with Crippen molar-refractivity contribution in [3.63, 3.8) is 0 Å². The van der Waals surface area contributed by atoms with Crippen LogP contribution in [0.5, 0.6) is 0 Å². The standard InChI is InChI=1S/C17H24ClFN2O2/c1-17(2,3)23-16(22)21-14-6-4-5-13(10-14)20-15-8-11(18)7-12(19)9-15/h7-9,13-14,20H,4-6,10H2,1-3H3,(H,21,22). The van der Waals surface area contributed by atoms with E-state index in [2.05, 4.69) is 10.6 Å². The van der Waals surface area contributed by atoms with Crippen molar-refractivity contribution >= 4 is 23.4 Å². The Labute approximate surface area is 141 Å². The minimum absolute atomic E-state index is 0.0557. The highest BCUT2D eigenvalue weighted by Gasteiger charge is 2.25. The second-order valence-electron chi connectivity index (χ2n) is 7.01. The van der Waals surface area contributed by atoms with E-state index in [1.807, 2.05) is 20.8 Å². The Bertz CT molecular complexity index is 540. The first-order valence-corrected chi connectivity index (χ1v) is 8.31. The van der Waals surface area contributed by atoms with Crippen LogP contribution in [-0.2, 0) is 4.74 Å². The van der Waals surface area contributed by atoms with Gasteiger partial charge in [-0.25, -0.2) is 9.18 Å². The van der Waals surface area contributed by atoms with Crippen LogP contribution in [0.25, 0.3) is 0 Å². The molecule has 2 atom stereocenters. The SMILES string of the molecule is CC(C)(C)OC(=O)NC1CCCC(Nc2cc(F)cc(Cl)c2)C1. The van der Waals surface area contributed by atoms with Gasteiger partial charge in [0.1, 0.15) is 11.4 Å². The number of alkyl carbamates (subject to hydrolysis) is 1. The molecular formula is C17H24ClFN2O2. The first-order valence-electron chi connectivity index (χ1n) is 7.93. The number of nitrogens with one attached hydrogen (secondary N) is 2. The summed E-state index contributed by atoms with van der Waals surface area (Å²) in [7, 11) is 0. The highest BCUT2D eigenvalue weighted by Crippen LogP contribution is 2.25. The van der Waals surface area contributed by atoms with Gasteiger partial charge >= 0.3 is 6.09 Å². The summed E-state index contributed by atoms with van der Waals surface area (Å²) in [6, 6.07) is 4.63. The summed E-state index contributed by atoms with van der Waals surface area (Å²) < 4.78 is 18.7. The number of carbonyl (C=O) groups excluding carboxylic acids is 1. The van der Waals surface area contributed by atoms with Crippen LogP contribution in [0.15, 0.2) is 18.2 Å². The molecule has 2 unspecified atom stereocenters. The van der Waals surface area contributed by atoms with Gasteiger partial charge in [-0.2, -0.15) is 0 Å². The third-order valence-corrected chi connectivity index (χ3v) is 3.85. The number of ether oxygens (including phenoxy) is 1. The molecule has 0 aliphatic heterocycles. The monoisotopic (exact) mass is 342 g/mol. The smallest absolute Gasteiger partial charge is 0.407 e. The van der Waals surface area contributed by atoms with Crippen LogP contribution in [0.3, 0.4) is 0 Å². The lowest BCUT2D eigenvalue weighted by Crippen LogP contribution is -2.43. The van der Waals surface area contributed by atoms with E-state index < -0.39 is 11.7 Å². The zero-order chi connectivity index (χ0) is 17.0. The molecule has 0 bridgehead atoms. The van der Waals surface area contributed by atoms with Gasteiger partial charge in [-0.05, 0) is 64.7 Å². The van der Waals surface area contributed by atoms with Crippen molar-refractivity contribution in [2.45, 2.75) is 64.1 Å². The maximum absolute atomic E-state index is 13.4. The molecule has 1 saturated carbocycles. The van der Waals surface area contributed by atoms with Crippen molar-refractivity contribution in [2.75, 3.05) is 5.32 Å². The fourth-order valence-corrected chi connectivity index (χ4v) is 3.02. The van der Waals surface area contributed by atoms with Gasteiger partial charge in [0.15, 0.2) is 0 Å². The van der Waals surface area contributed by atoms with E-state index in [0.29, 0.717) is 10.7 Å². The predicted octanol–water partition coefficient (Wildman–Crippen LogP) is 4.73. The second kappa shape index (κ2) is 7.39. The molecule has 1 amide bonds. The van der Waals surface area contributed by atoms with Crippen LogP contribution < -0.4 is 10.6 Å². The van der Waals surface area contributed by atoms with Crippen LogP contribution in [-0.4, -0.2) is 23.8 Å². The van der Waals surface area contributed by atoms with Crippen LogP contribution in [0, 0.1) is 5.82 Å². The highest BCUT2D eigenvalue weighted by atomic mass is 35.5. The Morgan fingerprint density at radius 1 is 1.26 bits per heavy atom. The lowest BCUT2D eigenvalue weighted by Gasteiger charge is -2.31. The predicted molar refractivity (Wildman–Crippen MR) is 90.4 cm³/mol. The van der Waals surface area contributed by atoms with Crippen molar-refractivity contribution in [1.82, 2.24) is 5.32 Å². The van der Waals surface area contributed by atoms with Gasteiger partial charge in [0.2, 0.25) is 0 Å². The largest absolute Gasteiger partial charge is 0.444 e. The molecule has 4 nitrogen and oxygen atoms in total. The molecule has 1 aromatic carbocycles. The Balaban J connectivity index is 1.89. The summed E-state index contributed by atoms with van der Waals surface area (Å²) in [5.74, 6) is -0.362. The molecular weight excluding hydrogens is 319 g/mol. The van der Waals surface area contributed by atoms with E-state index in [-0.39, 0.29) is 17.9 Å². The van der Waals surface area contributed by atoms with E-state index in [0.717, 1.165) is 25.7 Å². The number of anilines is 1. The van der Waals surface area contributed by atoms with E-state index in [1.165, 1.54) is 12.1 Å². The summed E-state index contributed by atoms with van der Waals surface area (Å²) >= 11 is 5.87. The van der Waals surface area contributed by atoms with Crippen LogP contribution in [0.2, 0.25) is 5.02 Å². The van der Waals surface area contributed by atoms with Crippen molar-refractivity contribution < 1.29 is 13.9 Å². The molecule has 0 spiro atoms. The molecule has 2 rings (SSSR count). The Kier molecular flexibility index (Phi) is 5.74. The number of amides is 1. The molecule has 0 saturated heterocycles. The van der Waals surface area contributed by atoms with Gasteiger partial charge in [-0.3, -0.25) is 0 Å². The Morgan fingerprint density at radius 2 is 1.96 bits per heavy atom. The lowest BCUT2D eigenvalue weighted by molar-refractivity contribution is 0.0492. The zero-order valence-electron chi connectivity index (χ0n) is 13.8. The number of hydrogen-bond acceptors (Lipinski definition) is 3. The molecule has 23 heavy (non-hydrogen) atoms. The maximum Gasteiger partial charge on any atom is 0.407 e. The van der Waals surface area contributed by atoms with Gasteiger partial charge in [0, 0.05) is 22.8 Å². The van der Waals surface area contributed by atoms with E-state index in [4.69, 9.17) is 16.3 Å². The van der Waals surface area contributed by atoms with Gasteiger partial charge in [0.05, 0.1) is 0 Å². The average molecular weight is 343 g/mol. The molecule has 1 aliphatic carbocycles. The summed E-state index contributed by atoms with van der Waals surface area (Å²) in [6.45, 7) is 5.52. The molecule has 0 radical (unpaired) electrons. The molecule has 1 fully saturated rings. The summed E-state index contributed by atoms with van der Waals surface area (Å²) in [5, 5.41) is 6.58. The number of benzene rings is 1. The van der Waals surface area contributed by atoms with E-state index in [1.54, 1.807) is 6.07 Å². The summed E-state index contributed by atoms with van der Waals surface area (Å²) in [4.78, 5) is 11.9. The molecule has 0 heterocycles. The van der Waals surface area contributed by atoms with E-state index in [9.17, 15) is 9.18 Å². The Morgan fingerprint density at radius 3 is 2.61 bits per heavy atom. The maximum atomic E-state index is 13.4.